The topological polar surface area (TPSA) is 67.8 Å². The zero-order valence-corrected chi connectivity index (χ0v) is 13.2. The molecule has 5 nitrogen and oxygen atoms in total. The van der Waals surface area contributed by atoms with Crippen LogP contribution in [0.1, 0.15) is 5.56 Å². The van der Waals surface area contributed by atoms with Gasteiger partial charge in [-0.25, -0.2) is 0 Å². The Hall–Kier alpha value is -1.21. The highest BCUT2D eigenvalue weighted by molar-refractivity contribution is 7.98. The predicted octanol–water partition coefficient (Wildman–Crippen LogP) is 2.14. The zero-order chi connectivity index (χ0) is 15.0. The standard InChI is InChI=1S/C13H18N2O3S2/c1-18-11-8-9(3-4-12(11)20-2)7-10(15-17)13(16)14-5-6-19/h3-4,8,10,19H,5-7H2,1-2H3,(H,14,16). The molecular weight excluding hydrogens is 296 g/mol. The van der Waals surface area contributed by atoms with Crippen LogP contribution in [0.4, 0.5) is 0 Å². The first-order valence-electron chi connectivity index (χ1n) is 6.08. The van der Waals surface area contributed by atoms with Crippen LogP contribution in [0.25, 0.3) is 0 Å². The number of hydrogen-bond donors (Lipinski definition) is 2. The summed E-state index contributed by atoms with van der Waals surface area (Å²) in [5, 5.41) is 5.51. The van der Waals surface area contributed by atoms with Crippen molar-refractivity contribution in [2.45, 2.75) is 17.4 Å². The molecule has 1 unspecified atom stereocenters. The smallest absolute Gasteiger partial charge is 0.248 e. The molecule has 0 saturated carbocycles. The molecule has 1 N–H and O–H groups in total. The fourth-order valence-electron chi connectivity index (χ4n) is 1.71. The Morgan fingerprint density at radius 2 is 2.30 bits per heavy atom. The minimum Gasteiger partial charge on any atom is -0.496 e. The van der Waals surface area contributed by atoms with Crippen LogP contribution >= 0.6 is 24.4 Å². The van der Waals surface area contributed by atoms with Crippen molar-refractivity contribution in [2.24, 2.45) is 5.18 Å². The molecular formula is C13H18N2O3S2. The molecule has 1 aromatic rings. The van der Waals surface area contributed by atoms with Gasteiger partial charge in [0.25, 0.3) is 0 Å². The summed E-state index contributed by atoms with van der Waals surface area (Å²) in [7, 11) is 1.59. The van der Waals surface area contributed by atoms with Crippen molar-refractivity contribution in [1.29, 1.82) is 0 Å². The van der Waals surface area contributed by atoms with E-state index in [0.29, 0.717) is 12.3 Å². The molecule has 0 bridgehead atoms. The number of thioether (sulfide) groups is 1. The van der Waals surface area contributed by atoms with Crippen molar-refractivity contribution in [3.8, 4) is 5.75 Å². The molecule has 1 rings (SSSR count). The highest BCUT2D eigenvalue weighted by Gasteiger charge is 2.19. The van der Waals surface area contributed by atoms with Crippen LogP contribution in [-0.4, -0.2) is 37.6 Å². The average molecular weight is 314 g/mol. The second-order valence-electron chi connectivity index (χ2n) is 4.03. The van der Waals surface area contributed by atoms with Crippen molar-refractivity contribution in [1.82, 2.24) is 5.32 Å². The largest absolute Gasteiger partial charge is 0.496 e. The molecule has 0 saturated heterocycles. The first-order chi connectivity index (χ1) is 9.65. The fourth-order valence-corrected chi connectivity index (χ4v) is 2.36. The SMILES string of the molecule is COc1cc(CC(N=O)C(=O)NCCS)ccc1SC. The maximum absolute atomic E-state index is 11.7. The molecule has 0 radical (unpaired) electrons. The molecule has 0 fully saturated rings. The van der Waals surface area contributed by atoms with Crippen molar-refractivity contribution in [3.63, 3.8) is 0 Å². The van der Waals surface area contributed by atoms with Gasteiger partial charge in [-0.1, -0.05) is 11.2 Å². The molecule has 1 aromatic carbocycles. The van der Waals surface area contributed by atoms with Crippen LogP contribution in [0, 0.1) is 4.91 Å². The maximum atomic E-state index is 11.7. The Bertz CT molecular complexity index is 469. The van der Waals surface area contributed by atoms with E-state index in [1.54, 1.807) is 18.9 Å². The summed E-state index contributed by atoms with van der Waals surface area (Å²) in [5.74, 6) is 0.880. The number of ether oxygens (including phenoxy) is 1. The van der Waals surface area contributed by atoms with E-state index in [1.807, 2.05) is 24.5 Å². The summed E-state index contributed by atoms with van der Waals surface area (Å²) in [4.78, 5) is 23.6. The molecule has 110 valence electrons. The number of thiol groups is 1. The summed E-state index contributed by atoms with van der Waals surface area (Å²) in [6.07, 6.45) is 2.21. The Labute approximate surface area is 128 Å². The number of nitroso groups, excluding NO2 is 1. The monoisotopic (exact) mass is 314 g/mol. The molecule has 1 amide bonds. The number of hydrogen-bond acceptors (Lipinski definition) is 6. The lowest BCUT2D eigenvalue weighted by Crippen LogP contribution is -2.35. The van der Waals surface area contributed by atoms with Crippen LogP contribution in [0.3, 0.4) is 0 Å². The Morgan fingerprint density at radius 1 is 1.55 bits per heavy atom. The quantitative estimate of drug-likeness (QED) is 0.438. The Balaban J connectivity index is 2.79. The third-order valence-electron chi connectivity index (χ3n) is 2.72. The second-order valence-corrected chi connectivity index (χ2v) is 5.32. The van der Waals surface area contributed by atoms with E-state index in [-0.39, 0.29) is 12.3 Å². The summed E-state index contributed by atoms with van der Waals surface area (Å²) in [6.45, 7) is 0.419. The van der Waals surface area contributed by atoms with E-state index >= 15 is 0 Å². The molecule has 0 spiro atoms. The van der Waals surface area contributed by atoms with E-state index in [0.717, 1.165) is 16.2 Å². The van der Waals surface area contributed by atoms with Gasteiger partial charge in [-0.05, 0) is 24.0 Å². The van der Waals surface area contributed by atoms with Gasteiger partial charge in [0.1, 0.15) is 5.75 Å². The first-order valence-corrected chi connectivity index (χ1v) is 7.94. The fraction of sp³-hybridized carbons (Fsp3) is 0.462. The molecule has 0 aliphatic rings. The molecule has 20 heavy (non-hydrogen) atoms. The van der Waals surface area contributed by atoms with Crippen LogP contribution in [-0.2, 0) is 11.2 Å². The van der Waals surface area contributed by atoms with E-state index in [2.05, 4.69) is 23.1 Å². The third kappa shape index (κ3) is 4.72. The molecule has 7 heteroatoms. The Kier molecular flexibility index (Phi) is 7.46. The second kappa shape index (κ2) is 8.86. The van der Waals surface area contributed by atoms with Gasteiger partial charge < -0.3 is 10.1 Å². The first kappa shape index (κ1) is 16.8. The van der Waals surface area contributed by atoms with Gasteiger partial charge in [0, 0.05) is 23.6 Å². The van der Waals surface area contributed by atoms with Crippen molar-refractivity contribution < 1.29 is 9.53 Å². The molecule has 1 atom stereocenters. The van der Waals surface area contributed by atoms with Crippen LogP contribution in [0.2, 0.25) is 0 Å². The number of rotatable bonds is 8. The molecule has 0 aliphatic carbocycles. The summed E-state index contributed by atoms with van der Waals surface area (Å²) in [6, 6.07) is 4.68. The average Bonchev–Trinajstić information content (AvgIpc) is 2.49. The predicted molar refractivity (Wildman–Crippen MR) is 84.9 cm³/mol. The van der Waals surface area contributed by atoms with Crippen molar-refractivity contribution >= 4 is 30.3 Å². The lowest BCUT2D eigenvalue weighted by Gasteiger charge is -2.12. The van der Waals surface area contributed by atoms with Gasteiger partial charge in [-0.15, -0.1) is 16.7 Å². The van der Waals surface area contributed by atoms with Gasteiger partial charge in [0.2, 0.25) is 5.91 Å². The number of methoxy groups -OCH3 is 1. The van der Waals surface area contributed by atoms with E-state index < -0.39 is 6.04 Å². The van der Waals surface area contributed by atoms with E-state index in [4.69, 9.17) is 4.74 Å². The van der Waals surface area contributed by atoms with Crippen molar-refractivity contribution in [3.05, 3.63) is 28.7 Å². The van der Waals surface area contributed by atoms with Gasteiger partial charge >= 0.3 is 0 Å². The molecule has 0 aromatic heterocycles. The molecule has 0 aliphatic heterocycles. The van der Waals surface area contributed by atoms with Crippen LogP contribution < -0.4 is 10.1 Å². The Morgan fingerprint density at radius 3 is 2.85 bits per heavy atom. The highest BCUT2D eigenvalue weighted by Crippen LogP contribution is 2.28. The van der Waals surface area contributed by atoms with Crippen molar-refractivity contribution in [2.75, 3.05) is 25.7 Å². The van der Waals surface area contributed by atoms with E-state index in [1.165, 1.54) is 0 Å². The van der Waals surface area contributed by atoms with Gasteiger partial charge in [0.05, 0.1) is 7.11 Å². The minimum absolute atomic E-state index is 0.257. The maximum Gasteiger partial charge on any atom is 0.248 e. The number of benzene rings is 1. The number of carbonyl (C=O) groups is 1. The summed E-state index contributed by atoms with van der Waals surface area (Å²) in [5.41, 5.74) is 0.838. The summed E-state index contributed by atoms with van der Waals surface area (Å²) >= 11 is 5.57. The zero-order valence-electron chi connectivity index (χ0n) is 11.5. The number of nitrogens with one attached hydrogen (secondary N) is 1. The normalized spacial score (nSPS) is 11.8. The van der Waals surface area contributed by atoms with Gasteiger partial charge in [-0.2, -0.15) is 12.6 Å². The van der Waals surface area contributed by atoms with E-state index in [9.17, 15) is 9.70 Å². The van der Waals surface area contributed by atoms with Crippen LogP contribution in [0.15, 0.2) is 28.3 Å². The van der Waals surface area contributed by atoms with Gasteiger partial charge in [-0.3, -0.25) is 4.79 Å². The minimum atomic E-state index is -0.931. The number of nitrogens with zero attached hydrogens (tertiary/aromatic N) is 1. The lowest BCUT2D eigenvalue weighted by atomic mass is 10.1. The third-order valence-corrected chi connectivity index (χ3v) is 3.72. The number of carbonyl (C=O) groups excluding carboxylic acids is 1. The highest BCUT2D eigenvalue weighted by atomic mass is 32.2. The lowest BCUT2D eigenvalue weighted by molar-refractivity contribution is -0.122. The van der Waals surface area contributed by atoms with Gasteiger partial charge in [0.15, 0.2) is 6.04 Å². The summed E-state index contributed by atoms with van der Waals surface area (Å²) < 4.78 is 5.28. The number of amides is 1. The van der Waals surface area contributed by atoms with Crippen LogP contribution in [0.5, 0.6) is 5.75 Å². The molecule has 0 heterocycles.